The van der Waals surface area contributed by atoms with Crippen LogP contribution in [0.2, 0.25) is 0 Å². The van der Waals surface area contributed by atoms with Gasteiger partial charge >= 0.3 is 5.97 Å². The van der Waals surface area contributed by atoms with Crippen molar-refractivity contribution < 1.29 is 9.90 Å². The molecule has 0 unspecified atom stereocenters. The summed E-state index contributed by atoms with van der Waals surface area (Å²) >= 11 is 8.42. The summed E-state index contributed by atoms with van der Waals surface area (Å²) in [6, 6.07) is 2.08. The van der Waals surface area contributed by atoms with E-state index in [9.17, 15) is 4.79 Å². The molecule has 1 aromatic carbocycles. The van der Waals surface area contributed by atoms with Gasteiger partial charge in [-0.3, -0.25) is 4.79 Å². The first kappa shape index (κ1) is 19.1. The van der Waals surface area contributed by atoms with Crippen LogP contribution in [0.15, 0.2) is 6.07 Å². The van der Waals surface area contributed by atoms with E-state index in [2.05, 4.69) is 39.1 Å². The van der Waals surface area contributed by atoms with Gasteiger partial charge in [0.25, 0.3) is 0 Å². The fraction of sp³-hybridized carbons (Fsp3) is 0.471. The van der Waals surface area contributed by atoms with Crippen LogP contribution in [0.3, 0.4) is 0 Å². The van der Waals surface area contributed by atoms with Gasteiger partial charge in [-0.2, -0.15) is 0 Å². The number of aliphatic carboxylic acids is 1. The fourth-order valence-corrected chi connectivity index (χ4v) is 4.36. The molecule has 0 amide bonds. The predicted octanol–water partition coefficient (Wildman–Crippen LogP) is 5.12. The van der Waals surface area contributed by atoms with E-state index in [0.29, 0.717) is 10.1 Å². The number of carbonyl (C=O) groups is 1. The molecule has 4 nitrogen and oxygen atoms in total. The summed E-state index contributed by atoms with van der Waals surface area (Å²) in [6.07, 6.45) is 0.104. The van der Waals surface area contributed by atoms with Crippen LogP contribution < -0.4 is 5.32 Å². The first-order valence-corrected chi connectivity index (χ1v) is 9.87. The van der Waals surface area contributed by atoms with Crippen LogP contribution in [0.25, 0.3) is 10.2 Å². The molecule has 0 saturated carbocycles. The zero-order valence-electron chi connectivity index (χ0n) is 14.5. The number of hydrogen-bond acceptors (Lipinski definition) is 5. The van der Waals surface area contributed by atoms with Crippen LogP contribution >= 0.6 is 35.3 Å². The molecule has 1 aromatic heterocycles. The zero-order chi connectivity index (χ0) is 18.1. The number of thiazole rings is 1. The molecule has 2 rings (SSSR count). The SMILES string of the molecule is Cc1cc2nc(C(C)(C)C)sc2c(C)c1NC(=S)SCCC(=O)O. The largest absolute Gasteiger partial charge is 0.481 e. The number of aromatic nitrogens is 1. The maximum absolute atomic E-state index is 10.6. The molecule has 7 heteroatoms. The first-order valence-electron chi connectivity index (χ1n) is 7.66. The molecule has 1 heterocycles. The summed E-state index contributed by atoms with van der Waals surface area (Å²) in [5.74, 6) is -0.339. The van der Waals surface area contributed by atoms with Crippen molar-refractivity contribution in [2.24, 2.45) is 0 Å². The summed E-state index contributed by atoms with van der Waals surface area (Å²) in [5, 5.41) is 13.1. The predicted molar refractivity (Wildman–Crippen MR) is 109 cm³/mol. The van der Waals surface area contributed by atoms with Crippen LogP contribution in [-0.4, -0.2) is 26.1 Å². The molecule has 0 aliphatic rings. The highest BCUT2D eigenvalue weighted by Crippen LogP contribution is 2.37. The summed E-state index contributed by atoms with van der Waals surface area (Å²) < 4.78 is 1.77. The van der Waals surface area contributed by atoms with Gasteiger partial charge in [-0.05, 0) is 31.0 Å². The lowest BCUT2D eigenvalue weighted by atomic mass is 9.98. The molecule has 0 spiro atoms. The van der Waals surface area contributed by atoms with Gasteiger partial charge in [-0.1, -0.05) is 44.8 Å². The van der Waals surface area contributed by atoms with Crippen LogP contribution in [-0.2, 0) is 10.2 Å². The summed E-state index contributed by atoms with van der Waals surface area (Å²) in [7, 11) is 0. The minimum atomic E-state index is -0.807. The van der Waals surface area contributed by atoms with E-state index in [1.165, 1.54) is 16.5 Å². The van der Waals surface area contributed by atoms with Gasteiger partial charge in [-0.15, -0.1) is 11.3 Å². The highest BCUT2D eigenvalue weighted by molar-refractivity contribution is 8.23. The lowest BCUT2D eigenvalue weighted by molar-refractivity contribution is -0.136. The minimum Gasteiger partial charge on any atom is -0.481 e. The lowest BCUT2D eigenvalue weighted by Crippen LogP contribution is -2.09. The summed E-state index contributed by atoms with van der Waals surface area (Å²) in [4.78, 5) is 15.4. The van der Waals surface area contributed by atoms with E-state index in [4.69, 9.17) is 22.3 Å². The zero-order valence-corrected chi connectivity index (χ0v) is 17.0. The Kier molecular flexibility index (Phi) is 5.88. The lowest BCUT2D eigenvalue weighted by Gasteiger charge is -2.13. The number of hydrogen-bond donors (Lipinski definition) is 2. The highest BCUT2D eigenvalue weighted by atomic mass is 32.2. The summed E-state index contributed by atoms with van der Waals surface area (Å²) in [6.45, 7) is 10.6. The number of anilines is 1. The normalized spacial score (nSPS) is 11.7. The third-order valence-corrected chi connectivity index (χ3v) is 6.38. The van der Waals surface area contributed by atoms with Crippen molar-refractivity contribution in [3.63, 3.8) is 0 Å². The van der Waals surface area contributed by atoms with E-state index in [1.807, 2.05) is 6.92 Å². The van der Waals surface area contributed by atoms with E-state index in [1.54, 1.807) is 11.3 Å². The fourth-order valence-electron chi connectivity index (χ4n) is 2.27. The van der Waals surface area contributed by atoms with E-state index < -0.39 is 5.97 Å². The number of carboxylic acid groups (broad SMARTS) is 1. The van der Waals surface area contributed by atoms with E-state index in [-0.39, 0.29) is 11.8 Å². The average Bonchev–Trinajstić information content (AvgIpc) is 2.87. The van der Waals surface area contributed by atoms with Crippen LogP contribution in [0.1, 0.15) is 43.3 Å². The maximum atomic E-state index is 10.6. The third-order valence-electron chi connectivity index (χ3n) is 3.53. The molecule has 2 aromatic rings. The first-order chi connectivity index (χ1) is 11.1. The Morgan fingerprint density at radius 3 is 2.67 bits per heavy atom. The summed E-state index contributed by atoms with van der Waals surface area (Å²) in [5.41, 5.74) is 4.28. The topological polar surface area (TPSA) is 62.2 Å². The Morgan fingerprint density at radius 2 is 2.08 bits per heavy atom. The monoisotopic (exact) mass is 382 g/mol. The molecule has 2 N–H and O–H groups in total. The van der Waals surface area contributed by atoms with Crippen LogP contribution in [0, 0.1) is 13.8 Å². The quantitative estimate of drug-likeness (QED) is 0.716. The molecule has 0 fully saturated rings. The minimum absolute atomic E-state index is 0.0274. The molecular weight excluding hydrogens is 360 g/mol. The van der Waals surface area contributed by atoms with Gasteiger partial charge in [-0.25, -0.2) is 4.98 Å². The second kappa shape index (κ2) is 7.37. The third kappa shape index (κ3) is 4.46. The number of aryl methyl sites for hydroxylation is 2. The molecule has 0 saturated heterocycles. The van der Waals surface area contributed by atoms with Crippen molar-refractivity contribution >= 4 is 61.5 Å². The highest BCUT2D eigenvalue weighted by Gasteiger charge is 2.21. The van der Waals surface area contributed by atoms with Crippen molar-refractivity contribution in [3.05, 3.63) is 22.2 Å². The molecule has 0 atom stereocenters. The Balaban J connectivity index is 2.27. The van der Waals surface area contributed by atoms with Gasteiger partial charge in [0.05, 0.1) is 21.6 Å². The average molecular weight is 383 g/mol. The van der Waals surface area contributed by atoms with E-state index in [0.717, 1.165) is 27.3 Å². The van der Waals surface area contributed by atoms with Crippen molar-refractivity contribution in [2.75, 3.05) is 11.1 Å². The smallest absolute Gasteiger partial charge is 0.304 e. The number of carboxylic acids is 1. The van der Waals surface area contributed by atoms with Crippen molar-refractivity contribution in [3.8, 4) is 0 Å². The van der Waals surface area contributed by atoms with Gasteiger partial charge in [0.2, 0.25) is 0 Å². The van der Waals surface area contributed by atoms with Crippen LogP contribution in [0.4, 0.5) is 5.69 Å². The number of rotatable bonds is 4. The number of nitrogens with zero attached hydrogens (tertiary/aromatic N) is 1. The van der Waals surface area contributed by atoms with Gasteiger partial charge in [0, 0.05) is 16.9 Å². The van der Waals surface area contributed by atoms with E-state index >= 15 is 0 Å². The molecular formula is C17H22N2O2S3. The van der Waals surface area contributed by atoms with Crippen molar-refractivity contribution in [1.29, 1.82) is 0 Å². The Labute approximate surface area is 156 Å². The number of nitrogens with one attached hydrogen (secondary N) is 1. The second-order valence-corrected chi connectivity index (χ2v) is 9.49. The van der Waals surface area contributed by atoms with Crippen molar-refractivity contribution in [2.45, 2.75) is 46.5 Å². The molecule has 24 heavy (non-hydrogen) atoms. The Hall–Kier alpha value is -1.18. The Bertz CT molecular complexity index is 791. The number of fused-ring (bicyclic) bond motifs is 1. The molecule has 0 radical (unpaired) electrons. The molecule has 0 aliphatic carbocycles. The van der Waals surface area contributed by atoms with Crippen LogP contribution in [0.5, 0.6) is 0 Å². The van der Waals surface area contributed by atoms with Crippen molar-refractivity contribution in [1.82, 2.24) is 4.98 Å². The Morgan fingerprint density at radius 1 is 1.42 bits per heavy atom. The molecule has 130 valence electrons. The van der Waals surface area contributed by atoms with Gasteiger partial charge in [0.1, 0.15) is 4.32 Å². The maximum Gasteiger partial charge on any atom is 0.304 e. The number of thiocarbonyl (C=S) groups is 1. The molecule has 0 bridgehead atoms. The second-order valence-electron chi connectivity index (χ2n) is 6.72. The van der Waals surface area contributed by atoms with Gasteiger partial charge < -0.3 is 10.4 Å². The number of benzene rings is 1. The number of thioether (sulfide) groups is 1. The van der Waals surface area contributed by atoms with Gasteiger partial charge in [0.15, 0.2) is 0 Å². The molecule has 0 aliphatic heterocycles. The standard InChI is InChI=1S/C17H22N2O2S3/c1-9-8-11-14(24-15(18-11)17(3,4)5)10(2)13(9)19-16(22)23-7-6-12(20)21/h8H,6-7H2,1-5H3,(H,19,22)(H,20,21).